The van der Waals surface area contributed by atoms with Gasteiger partial charge < -0.3 is 15.0 Å². The fraction of sp³-hybridized carbons (Fsp3) is 0.333. The molecule has 4 rings (SSSR count). The van der Waals surface area contributed by atoms with Crippen LogP contribution in [0.25, 0.3) is 0 Å². The Morgan fingerprint density at radius 3 is 2.53 bits per heavy atom. The smallest absolute Gasteiger partial charge is 0.337 e. The van der Waals surface area contributed by atoms with Crippen LogP contribution in [0.15, 0.2) is 48.5 Å². The van der Waals surface area contributed by atoms with Gasteiger partial charge in [0, 0.05) is 13.0 Å². The summed E-state index contributed by atoms with van der Waals surface area (Å²) in [5.74, 6) is -0.981. The molecule has 1 saturated heterocycles. The molecule has 2 aliphatic rings. The molecule has 0 aromatic heterocycles. The number of fused-ring (bicyclic) bond motifs is 3. The van der Waals surface area contributed by atoms with Gasteiger partial charge in [0.25, 0.3) is 5.91 Å². The first-order chi connectivity index (χ1) is 15.3. The minimum atomic E-state index is -0.858. The number of hydrogen-bond donors (Lipinski definition) is 1. The highest BCUT2D eigenvalue weighted by molar-refractivity contribution is 6.11. The monoisotopic (exact) mass is 435 g/mol. The Morgan fingerprint density at radius 2 is 1.81 bits per heavy atom. The fourth-order valence-electron chi connectivity index (χ4n) is 4.41. The van der Waals surface area contributed by atoms with Crippen LogP contribution in [0.1, 0.15) is 46.0 Å². The number of carbonyl (C=O) groups is 4. The van der Waals surface area contributed by atoms with Crippen LogP contribution in [0.5, 0.6) is 0 Å². The highest BCUT2D eigenvalue weighted by Crippen LogP contribution is 2.43. The quantitative estimate of drug-likeness (QED) is 0.702. The molecule has 0 saturated carbocycles. The van der Waals surface area contributed by atoms with E-state index >= 15 is 0 Å². The van der Waals surface area contributed by atoms with E-state index in [1.165, 1.54) is 12.0 Å². The lowest BCUT2D eigenvalue weighted by molar-refractivity contribution is -0.123. The molecule has 0 bridgehead atoms. The van der Waals surface area contributed by atoms with Crippen molar-refractivity contribution < 1.29 is 23.9 Å². The van der Waals surface area contributed by atoms with Crippen LogP contribution in [-0.4, -0.2) is 54.5 Å². The summed E-state index contributed by atoms with van der Waals surface area (Å²) in [5, 5.41) is 2.85. The van der Waals surface area contributed by atoms with Crippen molar-refractivity contribution in [3.05, 3.63) is 65.2 Å². The van der Waals surface area contributed by atoms with Crippen LogP contribution >= 0.6 is 0 Å². The molecular weight excluding hydrogens is 410 g/mol. The zero-order chi connectivity index (χ0) is 22.9. The summed E-state index contributed by atoms with van der Waals surface area (Å²) in [5.41, 5.74) is 1.60. The zero-order valence-corrected chi connectivity index (χ0v) is 18.1. The normalized spacial score (nSPS) is 19.4. The molecule has 1 N–H and O–H groups in total. The number of ether oxygens (including phenoxy) is 1. The van der Waals surface area contributed by atoms with Crippen molar-refractivity contribution in [3.8, 4) is 0 Å². The molecule has 2 heterocycles. The van der Waals surface area contributed by atoms with Gasteiger partial charge >= 0.3 is 5.97 Å². The van der Waals surface area contributed by atoms with E-state index in [1.54, 1.807) is 41.3 Å². The summed E-state index contributed by atoms with van der Waals surface area (Å²) in [4.78, 5) is 53.1. The lowest BCUT2D eigenvalue weighted by atomic mass is 9.98. The van der Waals surface area contributed by atoms with E-state index in [4.69, 9.17) is 0 Å². The van der Waals surface area contributed by atoms with Crippen molar-refractivity contribution in [2.45, 2.75) is 31.8 Å². The number of carbonyl (C=O) groups excluding carboxylic acids is 4. The maximum atomic E-state index is 13.2. The number of amides is 3. The molecule has 1 unspecified atom stereocenters. The van der Waals surface area contributed by atoms with Gasteiger partial charge in [0.2, 0.25) is 11.8 Å². The minimum Gasteiger partial charge on any atom is -0.465 e. The van der Waals surface area contributed by atoms with Gasteiger partial charge in [0.15, 0.2) is 0 Å². The first-order valence-corrected chi connectivity index (χ1v) is 10.5. The van der Waals surface area contributed by atoms with Crippen molar-refractivity contribution in [1.82, 2.24) is 10.2 Å². The largest absolute Gasteiger partial charge is 0.465 e. The predicted molar refractivity (Wildman–Crippen MR) is 117 cm³/mol. The third kappa shape index (κ3) is 3.72. The number of nitrogens with zero attached hydrogens (tertiary/aromatic N) is 2. The molecule has 3 amide bonds. The van der Waals surface area contributed by atoms with E-state index in [0.717, 1.165) is 5.56 Å². The van der Waals surface area contributed by atoms with Gasteiger partial charge in [0.05, 0.1) is 23.9 Å². The third-order valence-corrected chi connectivity index (χ3v) is 6.16. The Labute approximate surface area is 186 Å². The highest BCUT2D eigenvalue weighted by Gasteiger charge is 2.53. The van der Waals surface area contributed by atoms with E-state index in [0.29, 0.717) is 42.6 Å². The lowest BCUT2D eigenvalue weighted by Gasteiger charge is -2.48. The molecule has 2 aromatic rings. The summed E-state index contributed by atoms with van der Waals surface area (Å²) < 4.78 is 4.68. The second-order valence-electron chi connectivity index (χ2n) is 8.14. The third-order valence-electron chi connectivity index (χ3n) is 6.16. The van der Waals surface area contributed by atoms with Crippen LogP contribution < -0.4 is 10.2 Å². The van der Waals surface area contributed by atoms with Crippen LogP contribution in [0, 0.1) is 0 Å². The van der Waals surface area contributed by atoms with Crippen LogP contribution in [0.4, 0.5) is 5.69 Å². The number of anilines is 1. The van der Waals surface area contributed by atoms with E-state index in [-0.39, 0.29) is 24.3 Å². The number of para-hydroxylation sites is 1. The Balaban J connectivity index is 1.41. The molecule has 2 aliphatic heterocycles. The summed E-state index contributed by atoms with van der Waals surface area (Å²) in [6.45, 7) is 2.09. The predicted octanol–water partition coefficient (Wildman–Crippen LogP) is 2.13. The molecule has 0 aliphatic carbocycles. The van der Waals surface area contributed by atoms with Gasteiger partial charge in [-0.15, -0.1) is 0 Å². The van der Waals surface area contributed by atoms with Gasteiger partial charge in [-0.25, -0.2) is 4.79 Å². The molecule has 0 spiro atoms. The summed E-state index contributed by atoms with van der Waals surface area (Å²) in [6, 6.07) is 14.0. The molecular formula is C24H25N3O5. The minimum absolute atomic E-state index is 0.0479. The first-order valence-electron chi connectivity index (χ1n) is 10.5. The van der Waals surface area contributed by atoms with Gasteiger partial charge in [0.1, 0.15) is 12.2 Å². The van der Waals surface area contributed by atoms with Crippen LogP contribution in [0.2, 0.25) is 0 Å². The summed E-state index contributed by atoms with van der Waals surface area (Å²) in [7, 11) is 1.33. The SMILES string of the molecule is COC(=O)c1ccc(CCNC(=O)CN2C(=O)c3ccccc3N3C(=O)CCC23C)cc1. The average Bonchev–Trinajstić information content (AvgIpc) is 3.12. The maximum Gasteiger partial charge on any atom is 0.337 e. The van der Waals surface area contributed by atoms with Gasteiger partial charge in [-0.3, -0.25) is 19.3 Å². The number of benzene rings is 2. The summed E-state index contributed by atoms with van der Waals surface area (Å²) >= 11 is 0. The Morgan fingerprint density at radius 1 is 1.09 bits per heavy atom. The Kier molecular flexibility index (Phi) is 5.69. The number of esters is 1. The molecule has 32 heavy (non-hydrogen) atoms. The van der Waals surface area contributed by atoms with Crippen molar-refractivity contribution in [3.63, 3.8) is 0 Å². The molecule has 0 radical (unpaired) electrons. The first kappa shape index (κ1) is 21.5. The standard InChI is InChI=1S/C24H25N3O5/c1-24-13-11-21(29)27(24)19-6-4-3-5-18(19)22(30)26(24)15-20(28)25-14-12-16-7-9-17(10-8-16)23(31)32-2/h3-10H,11-15H2,1-2H3,(H,25,28). The van der Waals surface area contributed by atoms with Gasteiger partial charge in [-0.1, -0.05) is 24.3 Å². The molecule has 8 nitrogen and oxygen atoms in total. The van der Waals surface area contributed by atoms with E-state index < -0.39 is 11.6 Å². The van der Waals surface area contributed by atoms with Crippen LogP contribution in [-0.2, 0) is 20.7 Å². The Bertz CT molecular complexity index is 1080. The Hall–Kier alpha value is -3.68. The number of hydrogen-bond acceptors (Lipinski definition) is 5. The number of nitrogens with one attached hydrogen (secondary N) is 1. The van der Waals surface area contributed by atoms with Gasteiger partial charge in [-0.2, -0.15) is 0 Å². The van der Waals surface area contributed by atoms with E-state index in [9.17, 15) is 19.2 Å². The zero-order valence-electron chi connectivity index (χ0n) is 18.1. The molecule has 166 valence electrons. The van der Waals surface area contributed by atoms with Crippen LogP contribution in [0.3, 0.4) is 0 Å². The lowest BCUT2D eigenvalue weighted by Crippen LogP contribution is -2.63. The maximum absolute atomic E-state index is 13.2. The van der Waals surface area contributed by atoms with Crippen molar-refractivity contribution in [2.24, 2.45) is 0 Å². The van der Waals surface area contributed by atoms with E-state index in [2.05, 4.69) is 10.1 Å². The van der Waals surface area contributed by atoms with E-state index in [1.807, 2.05) is 19.1 Å². The second kappa shape index (κ2) is 8.45. The average molecular weight is 435 g/mol. The summed E-state index contributed by atoms with van der Waals surface area (Å²) in [6.07, 6.45) is 1.38. The molecule has 8 heteroatoms. The van der Waals surface area contributed by atoms with Crippen molar-refractivity contribution in [2.75, 3.05) is 25.1 Å². The van der Waals surface area contributed by atoms with Crippen molar-refractivity contribution in [1.29, 1.82) is 0 Å². The topological polar surface area (TPSA) is 96.0 Å². The molecule has 1 fully saturated rings. The molecule has 2 aromatic carbocycles. The van der Waals surface area contributed by atoms with Gasteiger partial charge in [-0.05, 0) is 49.6 Å². The van der Waals surface area contributed by atoms with Crippen molar-refractivity contribution >= 4 is 29.4 Å². The second-order valence-corrected chi connectivity index (χ2v) is 8.14. The number of methoxy groups -OCH3 is 1. The fourth-order valence-corrected chi connectivity index (χ4v) is 4.41. The highest BCUT2D eigenvalue weighted by atomic mass is 16.5. The molecule has 1 atom stereocenters. The number of rotatable bonds is 6.